The van der Waals surface area contributed by atoms with Crippen molar-refractivity contribution in [1.82, 2.24) is 5.32 Å². The van der Waals surface area contributed by atoms with Crippen molar-refractivity contribution in [1.29, 1.82) is 0 Å². The molecule has 1 saturated carbocycles. The number of methoxy groups -OCH3 is 1. The molecule has 0 saturated heterocycles. The molecule has 0 spiro atoms. The fourth-order valence-electron chi connectivity index (χ4n) is 3.31. The van der Waals surface area contributed by atoms with Gasteiger partial charge in [-0.2, -0.15) is 0 Å². The van der Waals surface area contributed by atoms with Crippen LogP contribution >= 0.6 is 0 Å². The first-order valence-corrected chi connectivity index (χ1v) is 7.74. The minimum absolute atomic E-state index is 0.666. The van der Waals surface area contributed by atoms with E-state index in [1.54, 1.807) is 7.11 Å². The van der Waals surface area contributed by atoms with Gasteiger partial charge < -0.3 is 10.1 Å². The van der Waals surface area contributed by atoms with Crippen LogP contribution in [0.25, 0.3) is 0 Å². The fraction of sp³-hybridized carbons (Fsp3) is 0.647. The average Bonchev–Trinajstić information content (AvgIpc) is 2.40. The molecule has 19 heavy (non-hydrogen) atoms. The van der Waals surface area contributed by atoms with E-state index in [-0.39, 0.29) is 0 Å². The Kier molecular flexibility index (Phi) is 4.07. The number of ether oxygens (including phenoxy) is 1. The molecule has 2 nitrogen and oxygen atoms in total. The third kappa shape index (κ3) is 3.11. The summed E-state index contributed by atoms with van der Waals surface area (Å²) in [5.41, 5.74) is 2.99. The van der Waals surface area contributed by atoms with Gasteiger partial charge in [-0.3, -0.25) is 0 Å². The fourth-order valence-corrected chi connectivity index (χ4v) is 3.31. The lowest BCUT2D eigenvalue weighted by Crippen LogP contribution is -2.36. The highest BCUT2D eigenvalue weighted by Crippen LogP contribution is 2.29. The third-order valence-corrected chi connectivity index (χ3v) is 4.85. The second-order valence-corrected chi connectivity index (χ2v) is 6.11. The molecule has 104 valence electrons. The molecule has 0 aliphatic heterocycles. The Morgan fingerprint density at radius 1 is 1.21 bits per heavy atom. The van der Waals surface area contributed by atoms with Crippen LogP contribution < -0.4 is 10.1 Å². The van der Waals surface area contributed by atoms with E-state index in [9.17, 15) is 0 Å². The van der Waals surface area contributed by atoms with E-state index in [1.807, 2.05) is 0 Å². The van der Waals surface area contributed by atoms with Gasteiger partial charge in [0, 0.05) is 6.04 Å². The molecule has 0 heterocycles. The number of benzene rings is 1. The highest BCUT2D eigenvalue weighted by atomic mass is 16.5. The van der Waals surface area contributed by atoms with E-state index in [0.29, 0.717) is 6.04 Å². The SMILES string of the molecule is COc1ccc2c(c1)CC(NCCC1CCC1)CC2. The van der Waals surface area contributed by atoms with Crippen molar-refractivity contribution in [3.63, 3.8) is 0 Å². The van der Waals surface area contributed by atoms with Gasteiger partial charge in [-0.1, -0.05) is 25.3 Å². The number of aryl methyl sites for hydroxylation is 1. The zero-order chi connectivity index (χ0) is 13.1. The second kappa shape index (κ2) is 5.96. The van der Waals surface area contributed by atoms with Crippen molar-refractivity contribution in [3.05, 3.63) is 29.3 Å². The zero-order valence-electron chi connectivity index (χ0n) is 12.0. The van der Waals surface area contributed by atoms with Crippen molar-refractivity contribution >= 4 is 0 Å². The maximum Gasteiger partial charge on any atom is 0.119 e. The summed E-state index contributed by atoms with van der Waals surface area (Å²) in [5, 5.41) is 3.76. The first-order chi connectivity index (χ1) is 9.35. The molecule has 3 rings (SSSR count). The highest BCUT2D eigenvalue weighted by molar-refractivity contribution is 5.37. The maximum absolute atomic E-state index is 5.33. The van der Waals surface area contributed by atoms with E-state index < -0.39 is 0 Å². The Balaban J connectivity index is 1.52. The van der Waals surface area contributed by atoms with E-state index in [1.165, 1.54) is 56.2 Å². The van der Waals surface area contributed by atoms with E-state index >= 15 is 0 Å². The largest absolute Gasteiger partial charge is 0.497 e. The van der Waals surface area contributed by atoms with Crippen molar-refractivity contribution < 1.29 is 4.74 Å². The van der Waals surface area contributed by atoms with E-state index in [2.05, 4.69) is 23.5 Å². The van der Waals surface area contributed by atoms with Crippen molar-refractivity contribution in [3.8, 4) is 5.75 Å². The number of hydrogen-bond acceptors (Lipinski definition) is 2. The molecule has 1 N–H and O–H groups in total. The van der Waals surface area contributed by atoms with Gasteiger partial charge >= 0.3 is 0 Å². The van der Waals surface area contributed by atoms with Crippen LogP contribution in [-0.2, 0) is 12.8 Å². The summed E-state index contributed by atoms with van der Waals surface area (Å²) in [6.07, 6.45) is 9.42. The number of nitrogens with one attached hydrogen (secondary N) is 1. The van der Waals surface area contributed by atoms with Gasteiger partial charge in [0.25, 0.3) is 0 Å². The van der Waals surface area contributed by atoms with E-state index in [4.69, 9.17) is 4.74 Å². The molecule has 1 aromatic carbocycles. The van der Waals surface area contributed by atoms with Crippen LogP contribution in [0, 0.1) is 5.92 Å². The summed E-state index contributed by atoms with van der Waals surface area (Å²) in [5.74, 6) is 2.01. The molecule has 1 fully saturated rings. The molecule has 1 unspecified atom stereocenters. The Hall–Kier alpha value is -1.02. The van der Waals surface area contributed by atoms with Gasteiger partial charge in [0.1, 0.15) is 5.75 Å². The van der Waals surface area contributed by atoms with E-state index in [0.717, 1.165) is 18.1 Å². The van der Waals surface area contributed by atoms with Crippen LogP contribution in [0.5, 0.6) is 5.75 Å². The van der Waals surface area contributed by atoms with Crippen LogP contribution in [0.15, 0.2) is 18.2 Å². The first-order valence-electron chi connectivity index (χ1n) is 7.74. The van der Waals surface area contributed by atoms with Gasteiger partial charge in [0.05, 0.1) is 7.11 Å². The molecule has 2 aliphatic carbocycles. The second-order valence-electron chi connectivity index (χ2n) is 6.11. The van der Waals surface area contributed by atoms with Crippen LogP contribution in [0.1, 0.15) is 43.2 Å². The molecule has 0 bridgehead atoms. The molecule has 1 atom stereocenters. The Morgan fingerprint density at radius 2 is 2.11 bits per heavy atom. The normalized spacial score (nSPS) is 22.7. The van der Waals surface area contributed by atoms with Gasteiger partial charge in [-0.05, 0) is 61.4 Å². The van der Waals surface area contributed by atoms with Gasteiger partial charge in [0.2, 0.25) is 0 Å². The maximum atomic E-state index is 5.33. The quantitative estimate of drug-likeness (QED) is 0.875. The Morgan fingerprint density at radius 3 is 2.84 bits per heavy atom. The van der Waals surface area contributed by atoms with Crippen LogP contribution in [0.3, 0.4) is 0 Å². The Bertz CT molecular complexity index is 425. The monoisotopic (exact) mass is 259 g/mol. The zero-order valence-corrected chi connectivity index (χ0v) is 12.0. The first kappa shape index (κ1) is 13.0. The predicted molar refractivity (Wildman–Crippen MR) is 78.8 cm³/mol. The third-order valence-electron chi connectivity index (χ3n) is 4.85. The molecular weight excluding hydrogens is 234 g/mol. The van der Waals surface area contributed by atoms with Crippen molar-refractivity contribution in [2.24, 2.45) is 5.92 Å². The summed E-state index contributed by atoms with van der Waals surface area (Å²) in [6.45, 7) is 1.20. The molecule has 0 radical (unpaired) electrons. The van der Waals surface area contributed by atoms with Crippen LogP contribution in [-0.4, -0.2) is 19.7 Å². The lowest BCUT2D eigenvalue weighted by Gasteiger charge is -2.29. The summed E-state index contributed by atoms with van der Waals surface area (Å²) in [4.78, 5) is 0. The molecular formula is C17H25NO. The van der Waals surface area contributed by atoms with Crippen molar-refractivity contribution in [2.75, 3.05) is 13.7 Å². The minimum Gasteiger partial charge on any atom is -0.497 e. The van der Waals surface area contributed by atoms with Gasteiger partial charge in [0.15, 0.2) is 0 Å². The number of hydrogen-bond donors (Lipinski definition) is 1. The van der Waals surface area contributed by atoms with Crippen molar-refractivity contribution in [2.45, 2.75) is 51.0 Å². The van der Waals surface area contributed by atoms with Gasteiger partial charge in [-0.15, -0.1) is 0 Å². The molecule has 0 amide bonds. The highest BCUT2D eigenvalue weighted by Gasteiger charge is 2.20. The lowest BCUT2D eigenvalue weighted by atomic mass is 9.83. The topological polar surface area (TPSA) is 21.3 Å². The smallest absolute Gasteiger partial charge is 0.119 e. The van der Waals surface area contributed by atoms with Crippen LogP contribution in [0.2, 0.25) is 0 Å². The average molecular weight is 259 g/mol. The molecule has 2 heteroatoms. The summed E-state index contributed by atoms with van der Waals surface area (Å²) in [7, 11) is 1.75. The minimum atomic E-state index is 0.666. The Labute approximate surface area is 116 Å². The molecule has 0 aromatic heterocycles. The lowest BCUT2D eigenvalue weighted by molar-refractivity contribution is 0.285. The van der Waals surface area contributed by atoms with Crippen LogP contribution in [0.4, 0.5) is 0 Å². The summed E-state index contributed by atoms with van der Waals surface area (Å²) < 4.78 is 5.33. The summed E-state index contributed by atoms with van der Waals surface area (Å²) >= 11 is 0. The van der Waals surface area contributed by atoms with Gasteiger partial charge in [-0.25, -0.2) is 0 Å². The summed E-state index contributed by atoms with van der Waals surface area (Å²) in [6, 6.07) is 7.21. The number of rotatable bonds is 5. The predicted octanol–water partition coefficient (Wildman–Crippen LogP) is 3.33. The molecule has 2 aliphatic rings. The standard InChI is InChI=1S/C17H25NO/c1-19-17-8-6-14-5-7-16(11-15(14)12-17)18-10-9-13-3-2-4-13/h6,8,12-13,16,18H,2-5,7,9-11H2,1H3. The number of fused-ring (bicyclic) bond motifs is 1. The molecule has 1 aromatic rings.